The van der Waals surface area contributed by atoms with Crippen molar-refractivity contribution < 1.29 is 23.9 Å². The minimum Gasteiger partial charge on any atom is -0.497 e. The van der Waals surface area contributed by atoms with Crippen LogP contribution in [0.5, 0.6) is 5.75 Å². The standard InChI is InChI=1S/C30H34N4O5/c1-18-7-3-4-11-22(18)33-28(36)26-30-13-12-23(39-30)24(27(35)32-20-9-5-10-21(15-20)38-2)25(30)29(37)34(26)17-19-8-6-14-31-16-19/h5-6,8-10,12-16,18,22-26H,3-4,7,11,17H2,1-2H3,(H,32,35)(H,33,36)/t18?,22?,23-,24?,25-,26?,30?/m1/s1. The van der Waals surface area contributed by atoms with Crippen molar-refractivity contribution in [1.82, 2.24) is 15.2 Å². The maximum absolute atomic E-state index is 14.1. The van der Waals surface area contributed by atoms with Gasteiger partial charge in [0.1, 0.15) is 17.4 Å². The van der Waals surface area contributed by atoms with Gasteiger partial charge in [0.25, 0.3) is 0 Å². The summed E-state index contributed by atoms with van der Waals surface area (Å²) >= 11 is 0. The first-order chi connectivity index (χ1) is 18.9. The lowest BCUT2D eigenvalue weighted by molar-refractivity contribution is -0.142. The van der Waals surface area contributed by atoms with Gasteiger partial charge in [-0.05, 0) is 42.5 Å². The third-order valence-electron chi connectivity index (χ3n) is 8.78. The average molecular weight is 531 g/mol. The molecule has 39 heavy (non-hydrogen) atoms. The highest BCUT2D eigenvalue weighted by molar-refractivity contribution is 6.02. The Bertz CT molecular complexity index is 1300. The van der Waals surface area contributed by atoms with Crippen molar-refractivity contribution in [3.63, 3.8) is 0 Å². The van der Waals surface area contributed by atoms with Gasteiger partial charge < -0.3 is 25.0 Å². The molecule has 4 heterocycles. The second-order valence-electron chi connectivity index (χ2n) is 11.1. The van der Waals surface area contributed by atoms with Gasteiger partial charge in [-0.25, -0.2) is 0 Å². The van der Waals surface area contributed by atoms with Crippen LogP contribution in [0, 0.1) is 17.8 Å². The van der Waals surface area contributed by atoms with Crippen molar-refractivity contribution >= 4 is 23.4 Å². The van der Waals surface area contributed by atoms with Crippen molar-refractivity contribution in [3.8, 4) is 5.75 Å². The number of pyridine rings is 1. The molecule has 9 nitrogen and oxygen atoms in total. The number of hydrogen-bond donors (Lipinski definition) is 2. The van der Waals surface area contributed by atoms with Crippen LogP contribution in [-0.2, 0) is 25.7 Å². The van der Waals surface area contributed by atoms with E-state index >= 15 is 0 Å². The number of ether oxygens (including phenoxy) is 2. The highest BCUT2D eigenvalue weighted by atomic mass is 16.5. The molecule has 1 spiro atoms. The molecule has 3 amide bonds. The van der Waals surface area contributed by atoms with E-state index in [-0.39, 0.29) is 30.3 Å². The third-order valence-corrected chi connectivity index (χ3v) is 8.78. The first-order valence-electron chi connectivity index (χ1n) is 13.7. The zero-order chi connectivity index (χ0) is 27.1. The summed E-state index contributed by atoms with van der Waals surface area (Å²) in [6.45, 7) is 2.37. The number of carbonyl (C=O) groups excluding carboxylic acids is 3. The smallest absolute Gasteiger partial charge is 0.246 e. The van der Waals surface area contributed by atoms with E-state index in [1.54, 1.807) is 54.7 Å². The van der Waals surface area contributed by atoms with Gasteiger partial charge in [0, 0.05) is 36.7 Å². The monoisotopic (exact) mass is 530 g/mol. The van der Waals surface area contributed by atoms with Gasteiger partial charge in [-0.3, -0.25) is 19.4 Å². The number of nitrogens with zero attached hydrogens (tertiary/aromatic N) is 2. The second kappa shape index (κ2) is 10.1. The van der Waals surface area contributed by atoms with Crippen LogP contribution >= 0.6 is 0 Å². The van der Waals surface area contributed by atoms with Crippen LogP contribution < -0.4 is 15.4 Å². The van der Waals surface area contributed by atoms with E-state index in [0.717, 1.165) is 31.2 Å². The van der Waals surface area contributed by atoms with E-state index in [1.165, 1.54) is 0 Å². The highest BCUT2D eigenvalue weighted by Crippen LogP contribution is 2.55. The summed E-state index contributed by atoms with van der Waals surface area (Å²) in [5, 5.41) is 6.20. The molecule has 2 bridgehead atoms. The fourth-order valence-corrected chi connectivity index (χ4v) is 6.84. The lowest BCUT2D eigenvalue weighted by Crippen LogP contribution is -2.57. The zero-order valence-electron chi connectivity index (χ0n) is 22.2. The lowest BCUT2D eigenvalue weighted by Gasteiger charge is -2.36. The van der Waals surface area contributed by atoms with E-state index in [0.29, 0.717) is 17.4 Å². The number of benzene rings is 1. The molecule has 3 aliphatic heterocycles. The van der Waals surface area contributed by atoms with Crippen LogP contribution in [0.1, 0.15) is 38.2 Å². The Morgan fingerprint density at radius 2 is 2.03 bits per heavy atom. The molecule has 2 saturated heterocycles. The molecule has 2 aromatic rings. The maximum Gasteiger partial charge on any atom is 0.246 e. The normalized spacial score (nSPS) is 32.7. The van der Waals surface area contributed by atoms with E-state index in [2.05, 4.69) is 22.5 Å². The summed E-state index contributed by atoms with van der Waals surface area (Å²) in [6.07, 6.45) is 10.6. The molecule has 6 rings (SSSR count). The minimum atomic E-state index is -1.21. The molecule has 2 N–H and O–H groups in total. The molecule has 0 radical (unpaired) electrons. The van der Waals surface area contributed by atoms with Gasteiger partial charge in [0.15, 0.2) is 0 Å². The van der Waals surface area contributed by atoms with Gasteiger partial charge in [-0.1, -0.05) is 44.1 Å². The van der Waals surface area contributed by atoms with Crippen LogP contribution in [0.15, 0.2) is 60.9 Å². The molecule has 204 valence electrons. The fourth-order valence-electron chi connectivity index (χ4n) is 6.84. The molecule has 1 aromatic carbocycles. The van der Waals surface area contributed by atoms with Crippen molar-refractivity contribution in [2.24, 2.45) is 17.8 Å². The Morgan fingerprint density at radius 1 is 1.18 bits per heavy atom. The highest BCUT2D eigenvalue weighted by Gasteiger charge is 2.72. The molecule has 1 aromatic heterocycles. The van der Waals surface area contributed by atoms with E-state index in [9.17, 15) is 14.4 Å². The first kappa shape index (κ1) is 25.6. The number of rotatable bonds is 7. The van der Waals surface area contributed by atoms with Gasteiger partial charge in [-0.2, -0.15) is 0 Å². The van der Waals surface area contributed by atoms with Crippen LogP contribution in [0.3, 0.4) is 0 Å². The van der Waals surface area contributed by atoms with Crippen molar-refractivity contribution in [1.29, 1.82) is 0 Å². The number of likely N-dealkylation sites (tertiary alicyclic amines) is 1. The van der Waals surface area contributed by atoms with Gasteiger partial charge in [0.05, 0.1) is 25.0 Å². The Morgan fingerprint density at radius 3 is 2.79 bits per heavy atom. The summed E-state index contributed by atoms with van der Waals surface area (Å²) in [7, 11) is 1.56. The molecule has 1 saturated carbocycles. The van der Waals surface area contributed by atoms with Crippen LogP contribution in [0.25, 0.3) is 0 Å². The van der Waals surface area contributed by atoms with Crippen molar-refractivity contribution in [2.75, 3.05) is 12.4 Å². The van der Waals surface area contributed by atoms with Gasteiger partial charge in [0.2, 0.25) is 17.7 Å². The predicted octanol–water partition coefficient (Wildman–Crippen LogP) is 3.07. The largest absolute Gasteiger partial charge is 0.497 e. The summed E-state index contributed by atoms with van der Waals surface area (Å²) in [4.78, 5) is 47.6. The fraction of sp³-hybridized carbons (Fsp3) is 0.467. The number of anilines is 1. The Hall–Kier alpha value is -3.72. The number of nitrogens with one attached hydrogen (secondary N) is 2. The average Bonchev–Trinajstić information content (AvgIpc) is 3.58. The summed E-state index contributed by atoms with van der Waals surface area (Å²) in [5.41, 5.74) is 0.169. The first-order valence-corrected chi connectivity index (χ1v) is 13.7. The Kier molecular flexibility index (Phi) is 6.62. The van der Waals surface area contributed by atoms with Gasteiger partial charge >= 0.3 is 0 Å². The van der Waals surface area contributed by atoms with E-state index < -0.39 is 29.6 Å². The predicted molar refractivity (Wildman–Crippen MR) is 143 cm³/mol. The van der Waals surface area contributed by atoms with Crippen molar-refractivity contribution in [3.05, 3.63) is 66.5 Å². The van der Waals surface area contributed by atoms with E-state index in [1.807, 2.05) is 18.2 Å². The topological polar surface area (TPSA) is 110 Å². The SMILES string of the molecule is COc1cccc(NC(=O)C2[C@H]3C=CC4(O3)C(C(=O)NC3CCCCC3C)N(Cc3cccnc3)C(=O)[C@@H]24)c1. The Balaban J connectivity index is 1.32. The summed E-state index contributed by atoms with van der Waals surface area (Å²) in [6, 6.07) is 9.92. The van der Waals surface area contributed by atoms with Crippen molar-refractivity contribution in [2.45, 2.75) is 62.9 Å². The number of hydrogen-bond acceptors (Lipinski definition) is 6. The molecule has 7 atom stereocenters. The molecule has 9 heteroatoms. The molecule has 4 aliphatic rings. The van der Waals surface area contributed by atoms with E-state index in [4.69, 9.17) is 9.47 Å². The zero-order valence-corrected chi connectivity index (χ0v) is 22.2. The maximum atomic E-state index is 14.1. The van der Waals surface area contributed by atoms with Crippen LogP contribution in [-0.4, -0.2) is 58.5 Å². The number of fused-ring (bicyclic) bond motifs is 1. The molecule has 3 fully saturated rings. The number of amides is 3. The number of carbonyl (C=O) groups is 3. The Labute approximate surface area is 228 Å². The van der Waals surface area contributed by atoms with Crippen LogP contribution in [0.4, 0.5) is 5.69 Å². The lowest BCUT2D eigenvalue weighted by atomic mass is 9.74. The summed E-state index contributed by atoms with van der Waals surface area (Å²) in [5.74, 6) is -1.41. The third kappa shape index (κ3) is 4.38. The van der Waals surface area contributed by atoms with Gasteiger partial charge in [-0.15, -0.1) is 0 Å². The number of methoxy groups -OCH3 is 1. The molecule has 5 unspecified atom stereocenters. The molecular weight excluding hydrogens is 496 g/mol. The molecular formula is C30H34N4O5. The minimum absolute atomic E-state index is 0.0479. The van der Waals surface area contributed by atoms with Crippen LogP contribution in [0.2, 0.25) is 0 Å². The number of aromatic nitrogens is 1. The second-order valence-corrected chi connectivity index (χ2v) is 11.1. The summed E-state index contributed by atoms with van der Waals surface area (Å²) < 4.78 is 11.7. The molecule has 1 aliphatic carbocycles. The quantitative estimate of drug-likeness (QED) is 0.533.